The van der Waals surface area contributed by atoms with Crippen LogP contribution in [0.3, 0.4) is 0 Å². The molecule has 0 fully saturated rings. The number of hydrogen-bond donors (Lipinski definition) is 2. The number of aryl methyl sites for hydroxylation is 1. The summed E-state index contributed by atoms with van der Waals surface area (Å²) in [4.78, 5) is 14.6. The number of aliphatic hydroxyl groups excluding tert-OH is 2. The van der Waals surface area contributed by atoms with Crippen molar-refractivity contribution in [1.29, 1.82) is 0 Å². The minimum Gasteiger partial charge on any atom is -0.392 e. The lowest BCUT2D eigenvalue weighted by atomic mass is 10.2. The van der Waals surface area contributed by atoms with E-state index in [1.54, 1.807) is 0 Å². The van der Waals surface area contributed by atoms with E-state index in [0.717, 1.165) is 22.1 Å². The van der Waals surface area contributed by atoms with Crippen LogP contribution in [0.4, 0.5) is 13.2 Å². The maximum Gasteiger partial charge on any atom is 0.433 e. The van der Waals surface area contributed by atoms with E-state index in [9.17, 15) is 28.2 Å². The number of hydrogen-bond acceptors (Lipinski definition) is 5. The molecule has 2 aromatic heterocycles. The average molecular weight is 391 g/mol. The van der Waals surface area contributed by atoms with Crippen LogP contribution < -0.4 is 0 Å². The molecular formula is C16H20F3N3O3S. The zero-order chi connectivity index (χ0) is 19.6. The van der Waals surface area contributed by atoms with E-state index in [0.29, 0.717) is 9.75 Å². The average Bonchev–Trinajstić information content (AvgIpc) is 3.10. The quantitative estimate of drug-likeness (QED) is 0.793. The van der Waals surface area contributed by atoms with Crippen LogP contribution in [-0.2, 0) is 13.2 Å². The summed E-state index contributed by atoms with van der Waals surface area (Å²) < 4.78 is 39.4. The summed E-state index contributed by atoms with van der Waals surface area (Å²) >= 11 is 1.01. The van der Waals surface area contributed by atoms with Crippen LogP contribution in [0.1, 0.15) is 29.2 Å². The number of aliphatic hydroxyl groups is 2. The third-order valence-corrected chi connectivity index (χ3v) is 4.59. The van der Waals surface area contributed by atoms with Crippen molar-refractivity contribution >= 4 is 17.2 Å². The molecule has 0 aliphatic carbocycles. The normalized spacial score (nSPS) is 14.3. The Morgan fingerprint density at radius 2 is 1.85 bits per heavy atom. The smallest absolute Gasteiger partial charge is 0.392 e. The van der Waals surface area contributed by atoms with Crippen LogP contribution in [0.2, 0.25) is 0 Å². The highest BCUT2D eigenvalue weighted by atomic mass is 32.1. The van der Waals surface area contributed by atoms with Gasteiger partial charge in [0.25, 0.3) is 5.91 Å². The van der Waals surface area contributed by atoms with Crippen LogP contribution in [0, 0.1) is 0 Å². The van der Waals surface area contributed by atoms with Gasteiger partial charge in [-0.2, -0.15) is 18.3 Å². The highest BCUT2D eigenvalue weighted by molar-refractivity contribution is 7.17. The monoisotopic (exact) mass is 391 g/mol. The standard InChI is InChI=1S/C16H20F3N3O3S/c1-9(23)7-22(8-10(2)24)15(25)13-5-4-12(26-13)11-6-14(16(17,18)19)21(3)20-11/h4-6,9-10,23-24H,7-8H2,1-3H3. The van der Waals surface area contributed by atoms with Gasteiger partial charge in [-0.1, -0.05) is 0 Å². The zero-order valence-corrected chi connectivity index (χ0v) is 15.3. The van der Waals surface area contributed by atoms with Gasteiger partial charge in [-0.25, -0.2) is 0 Å². The van der Waals surface area contributed by atoms with E-state index in [-0.39, 0.29) is 18.8 Å². The summed E-state index contributed by atoms with van der Waals surface area (Å²) in [5.41, 5.74) is -0.750. The summed E-state index contributed by atoms with van der Waals surface area (Å²) in [6.45, 7) is 3.13. The maximum atomic E-state index is 12.9. The first-order valence-electron chi connectivity index (χ1n) is 7.86. The Kier molecular flexibility index (Phi) is 6.09. The Morgan fingerprint density at radius 1 is 1.27 bits per heavy atom. The molecule has 144 valence electrons. The van der Waals surface area contributed by atoms with Crippen molar-refractivity contribution in [1.82, 2.24) is 14.7 Å². The first-order valence-corrected chi connectivity index (χ1v) is 8.67. The van der Waals surface area contributed by atoms with Gasteiger partial charge in [-0.3, -0.25) is 9.48 Å². The van der Waals surface area contributed by atoms with Crippen molar-refractivity contribution in [3.05, 3.63) is 28.8 Å². The summed E-state index contributed by atoms with van der Waals surface area (Å²) in [5, 5.41) is 22.9. The molecule has 0 bridgehead atoms. The second-order valence-electron chi connectivity index (χ2n) is 6.11. The molecule has 2 unspecified atom stereocenters. The van der Waals surface area contributed by atoms with E-state index >= 15 is 0 Å². The van der Waals surface area contributed by atoms with Gasteiger partial charge in [-0.05, 0) is 32.0 Å². The lowest BCUT2D eigenvalue weighted by molar-refractivity contribution is -0.143. The van der Waals surface area contributed by atoms with Gasteiger partial charge in [0.05, 0.1) is 22.0 Å². The van der Waals surface area contributed by atoms with Crippen molar-refractivity contribution in [3.63, 3.8) is 0 Å². The molecule has 2 aromatic rings. The number of halogens is 3. The van der Waals surface area contributed by atoms with E-state index in [4.69, 9.17) is 0 Å². The Morgan fingerprint density at radius 3 is 2.31 bits per heavy atom. The molecule has 10 heteroatoms. The first-order chi connectivity index (χ1) is 12.0. The zero-order valence-electron chi connectivity index (χ0n) is 14.5. The number of carbonyl (C=O) groups is 1. The Balaban J connectivity index is 2.27. The molecule has 0 aliphatic heterocycles. The molecule has 2 N–H and O–H groups in total. The number of amides is 1. The lowest BCUT2D eigenvalue weighted by Crippen LogP contribution is -2.40. The molecule has 0 aromatic carbocycles. The minimum atomic E-state index is -4.51. The lowest BCUT2D eigenvalue weighted by Gasteiger charge is -2.24. The minimum absolute atomic E-state index is 0.0405. The Hall–Kier alpha value is -1.91. The van der Waals surface area contributed by atoms with Gasteiger partial charge >= 0.3 is 6.18 Å². The molecule has 0 spiro atoms. The fraction of sp³-hybridized carbons (Fsp3) is 0.500. The maximum absolute atomic E-state index is 12.9. The molecule has 0 saturated heterocycles. The Labute approximate surface area is 152 Å². The Bertz CT molecular complexity index is 758. The summed E-state index contributed by atoms with van der Waals surface area (Å²) in [7, 11) is 1.21. The molecule has 0 radical (unpaired) electrons. The second-order valence-corrected chi connectivity index (χ2v) is 7.19. The van der Waals surface area contributed by atoms with Gasteiger partial charge < -0.3 is 15.1 Å². The summed E-state index contributed by atoms with van der Waals surface area (Å²) in [5.74, 6) is -0.407. The number of thiophene rings is 1. The van der Waals surface area contributed by atoms with Gasteiger partial charge in [0.2, 0.25) is 0 Å². The van der Waals surface area contributed by atoms with Crippen molar-refractivity contribution in [3.8, 4) is 10.6 Å². The second kappa shape index (κ2) is 7.77. The topological polar surface area (TPSA) is 78.6 Å². The first kappa shape index (κ1) is 20.4. The van der Waals surface area contributed by atoms with E-state index in [1.165, 1.54) is 37.9 Å². The number of rotatable bonds is 6. The predicted octanol–water partition coefficient (Wildman–Crippen LogP) is 2.37. The van der Waals surface area contributed by atoms with Crippen LogP contribution in [-0.4, -0.2) is 56.1 Å². The van der Waals surface area contributed by atoms with Gasteiger partial charge in [-0.15, -0.1) is 11.3 Å². The van der Waals surface area contributed by atoms with Crippen LogP contribution in [0.5, 0.6) is 0 Å². The van der Waals surface area contributed by atoms with E-state index in [1.807, 2.05) is 0 Å². The highest BCUT2D eigenvalue weighted by Crippen LogP contribution is 2.34. The van der Waals surface area contributed by atoms with Crippen molar-refractivity contribution in [2.45, 2.75) is 32.2 Å². The molecule has 0 saturated carbocycles. The summed E-state index contributed by atoms with van der Waals surface area (Å²) in [6.07, 6.45) is -6.06. The van der Waals surface area contributed by atoms with E-state index < -0.39 is 30.0 Å². The SMILES string of the molecule is CC(O)CN(CC(C)O)C(=O)c1ccc(-c2cc(C(F)(F)F)n(C)n2)s1. The number of nitrogens with zero attached hydrogens (tertiary/aromatic N) is 3. The molecular weight excluding hydrogens is 371 g/mol. The van der Waals surface area contributed by atoms with Crippen molar-refractivity contribution in [2.75, 3.05) is 13.1 Å². The van der Waals surface area contributed by atoms with Gasteiger partial charge in [0, 0.05) is 20.1 Å². The van der Waals surface area contributed by atoms with Crippen LogP contribution >= 0.6 is 11.3 Å². The largest absolute Gasteiger partial charge is 0.433 e. The van der Waals surface area contributed by atoms with Crippen LogP contribution in [0.25, 0.3) is 10.6 Å². The number of aromatic nitrogens is 2. The third-order valence-electron chi connectivity index (χ3n) is 3.50. The van der Waals surface area contributed by atoms with Crippen molar-refractivity contribution < 1.29 is 28.2 Å². The highest BCUT2D eigenvalue weighted by Gasteiger charge is 2.35. The van der Waals surface area contributed by atoms with E-state index in [2.05, 4.69) is 5.10 Å². The van der Waals surface area contributed by atoms with Crippen molar-refractivity contribution in [2.24, 2.45) is 7.05 Å². The number of alkyl halides is 3. The predicted molar refractivity (Wildman–Crippen MR) is 90.8 cm³/mol. The fourth-order valence-electron chi connectivity index (χ4n) is 2.48. The molecule has 2 heterocycles. The third kappa shape index (κ3) is 4.83. The molecule has 1 amide bonds. The molecule has 2 atom stereocenters. The molecule has 0 aliphatic rings. The van der Waals surface area contributed by atoms with Crippen LogP contribution in [0.15, 0.2) is 18.2 Å². The molecule has 6 nitrogen and oxygen atoms in total. The summed E-state index contributed by atoms with van der Waals surface area (Å²) in [6, 6.07) is 3.97. The number of carbonyl (C=O) groups excluding carboxylic acids is 1. The van der Waals surface area contributed by atoms with Gasteiger partial charge in [0.1, 0.15) is 11.4 Å². The molecule has 2 rings (SSSR count). The van der Waals surface area contributed by atoms with Gasteiger partial charge in [0.15, 0.2) is 0 Å². The fourth-order valence-corrected chi connectivity index (χ4v) is 3.41. The molecule has 26 heavy (non-hydrogen) atoms.